The number of benzene rings is 2. The molecule has 3 rings (SSSR count). The Morgan fingerprint density at radius 3 is 2.43 bits per heavy atom. The van der Waals surface area contributed by atoms with Crippen molar-refractivity contribution in [3.05, 3.63) is 64.7 Å². The van der Waals surface area contributed by atoms with Crippen molar-refractivity contribution in [1.29, 1.82) is 0 Å². The first-order valence-corrected chi connectivity index (χ1v) is 9.56. The van der Waals surface area contributed by atoms with Gasteiger partial charge in [0.15, 0.2) is 6.10 Å². The topological polar surface area (TPSA) is 119 Å². The molecule has 30 heavy (non-hydrogen) atoms. The van der Waals surface area contributed by atoms with E-state index in [9.17, 15) is 24.6 Å². The van der Waals surface area contributed by atoms with Crippen LogP contribution in [0.15, 0.2) is 53.6 Å². The van der Waals surface area contributed by atoms with Gasteiger partial charge < -0.3 is 15.5 Å². The zero-order chi connectivity index (χ0) is 21.8. The maximum absolute atomic E-state index is 12.7. The zero-order valence-corrected chi connectivity index (χ0v) is 16.8. The standard InChI is InChI=1S/C21H20ClN3O5/c1-12-10-18(26)25(24-12)15-8-6-13(7-9-15)20(28)23-17(19(27)21(29)30)11-14-4-2-3-5-16(14)22/h2-9,17,19,27H,10-11H2,1H3,(H,23,28)(H,29,30)/t17-,19+/m1/s1. The minimum Gasteiger partial charge on any atom is -0.479 e. The summed E-state index contributed by atoms with van der Waals surface area (Å²) >= 11 is 6.12. The highest BCUT2D eigenvalue weighted by atomic mass is 35.5. The third kappa shape index (κ3) is 4.84. The smallest absolute Gasteiger partial charge is 0.334 e. The van der Waals surface area contributed by atoms with E-state index in [2.05, 4.69) is 10.4 Å². The minimum absolute atomic E-state index is 0.0350. The van der Waals surface area contributed by atoms with Gasteiger partial charge in [-0.3, -0.25) is 9.59 Å². The molecular formula is C21H20ClN3O5. The molecule has 9 heteroatoms. The predicted molar refractivity (Wildman–Crippen MR) is 112 cm³/mol. The number of hydrogen-bond acceptors (Lipinski definition) is 5. The van der Waals surface area contributed by atoms with Crippen LogP contribution in [-0.4, -0.2) is 45.9 Å². The Morgan fingerprint density at radius 2 is 1.87 bits per heavy atom. The molecule has 8 nitrogen and oxygen atoms in total. The van der Waals surface area contributed by atoms with Gasteiger partial charge in [-0.25, -0.2) is 9.80 Å². The van der Waals surface area contributed by atoms with E-state index in [4.69, 9.17) is 11.6 Å². The van der Waals surface area contributed by atoms with Gasteiger partial charge in [0, 0.05) is 16.3 Å². The van der Waals surface area contributed by atoms with Crippen LogP contribution in [-0.2, 0) is 16.0 Å². The molecule has 0 saturated carbocycles. The first kappa shape index (κ1) is 21.5. The molecule has 2 amide bonds. The summed E-state index contributed by atoms with van der Waals surface area (Å²) in [5.41, 5.74) is 2.06. The van der Waals surface area contributed by atoms with E-state index in [0.717, 1.165) is 0 Å². The predicted octanol–water partition coefficient (Wildman–Crippen LogP) is 2.24. The molecule has 0 fully saturated rings. The first-order valence-electron chi connectivity index (χ1n) is 9.18. The zero-order valence-electron chi connectivity index (χ0n) is 16.1. The van der Waals surface area contributed by atoms with Gasteiger partial charge >= 0.3 is 5.97 Å². The molecule has 2 aromatic rings. The van der Waals surface area contributed by atoms with Gasteiger partial charge in [-0.2, -0.15) is 5.10 Å². The van der Waals surface area contributed by atoms with Crippen molar-refractivity contribution in [2.45, 2.75) is 31.9 Å². The van der Waals surface area contributed by atoms with Crippen LogP contribution in [0.2, 0.25) is 5.02 Å². The Morgan fingerprint density at radius 1 is 1.20 bits per heavy atom. The molecule has 3 N–H and O–H groups in total. The number of carbonyl (C=O) groups is 3. The lowest BCUT2D eigenvalue weighted by atomic mass is 10.0. The fourth-order valence-corrected chi connectivity index (χ4v) is 3.29. The van der Waals surface area contributed by atoms with E-state index in [1.807, 2.05) is 0 Å². The Labute approximate surface area is 177 Å². The van der Waals surface area contributed by atoms with E-state index in [0.29, 0.717) is 22.0 Å². The Hall–Kier alpha value is -3.23. The van der Waals surface area contributed by atoms with Gasteiger partial charge in [-0.05, 0) is 49.2 Å². The molecule has 2 aromatic carbocycles. The van der Waals surface area contributed by atoms with Crippen molar-refractivity contribution in [2.24, 2.45) is 5.10 Å². The van der Waals surface area contributed by atoms with Crippen molar-refractivity contribution < 1.29 is 24.6 Å². The number of hydrogen-bond donors (Lipinski definition) is 3. The van der Waals surface area contributed by atoms with Gasteiger partial charge in [0.05, 0.1) is 18.2 Å². The van der Waals surface area contributed by atoms with Crippen LogP contribution in [0.3, 0.4) is 0 Å². The van der Waals surface area contributed by atoms with Crippen molar-refractivity contribution in [1.82, 2.24) is 5.32 Å². The number of carboxylic acid groups (broad SMARTS) is 1. The summed E-state index contributed by atoms with van der Waals surface area (Å²) in [6, 6.07) is 11.9. The summed E-state index contributed by atoms with van der Waals surface area (Å²) < 4.78 is 0. The second-order valence-corrected chi connectivity index (χ2v) is 7.33. The van der Waals surface area contributed by atoms with Crippen LogP contribution in [0.4, 0.5) is 5.69 Å². The summed E-state index contributed by atoms with van der Waals surface area (Å²) in [7, 11) is 0. The van der Waals surface area contributed by atoms with Crippen LogP contribution in [0.1, 0.15) is 29.3 Å². The number of anilines is 1. The number of aliphatic hydroxyl groups is 1. The molecule has 1 aliphatic heterocycles. The van der Waals surface area contributed by atoms with Crippen LogP contribution in [0.25, 0.3) is 0 Å². The molecule has 0 saturated heterocycles. The maximum atomic E-state index is 12.7. The summed E-state index contributed by atoms with van der Waals surface area (Å²) in [4.78, 5) is 35.9. The largest absolute Gasteiger partial charge is 0.479 e. The highest BCUT2D eigenvalue weighted by Gasteiger charge is 2.29. The quantitative estimate of drug-likeness (QED) is 0.623. The SMILES string of the molecule is CC1=NN(c2ccc(C(=O)N[C@H](Cc3ccccc3Cl)[C@H](O)C(=O)O)cc2)C(=O)C1. The summed E-state index contributed by atoms with van der Waals surface area (Å²) in [6.45, 7) is 1.76. The number of aliphatic carboxylic acids is 1. The van der Waals surface area contributed by atoms with Gasteiger partial charge in [0.2, 0.25) is 0 Å². The molecule has 0 bridgehead atoms. The number of nitrogens with one attached hydrogen (secondary N) is 1. The van der Waals surface area contributed by atoms with E-state index < -0.39 is 24.0 Å². The highest BCUT2D eigenvalue weighted by molar-refractivity contribution is 6.31. The summed E-state index contributed by atoms with van der Waals surface area (Å²) in [5, 5.41) is 27.6. The fraction of sp³-hybridized carbons (Fsp3) is 0.238. The Balaban J connectivity index is 1.76. The minimum atomic E-state index is -1.82. The second kappa shape index (κ2) is 9.06. The normalized spacial score (nSPS) is 15.5. The van der Waals surface area contributed by atoms with Gasteiger partial charge in [0.1, 0.15) is 0 Å². The number of carboxylic acids is 1. The van der Waals surface area contributed by atoms with Crippen molar-refractivity contribution in [3.63, 3.8) is 0 Å². The molecule has 2 atom stereocenters. The van der Waals surface area contributed by atoms with Crippen molar-refractivity contribution in [3.8, 4) is 0 Å². The number of halogens is 1. The van der Waals surface area contributed by atoms with Gasteiger partial charge in [-0.1, -0.05) is 29.8 Å². The van der Waals surface area contributed by atoms with E-state index in [1.165, 1.54) is 17.1 Å². The maximum Gasteiger partial charge on any atom is 0.334 e. The first-order chi connectivity index (χ1) is 14.3. The summed E-state index contributed by atoms with van der Waals surface area (Å²) in [6.07, 6.45) is -1.53. The van der Waals surface area contributed by atoms with Crippen LogP contribution in [0, 0.1) is 0 Å². The molecular weight excluding hydrogens is 410 g/mol. The third-order valence-electron chi connectivity index (χ3n) is 4.64. The highest BCUT2D eigenvalue weighted by Crippen LogP contribution is 2.22. The molecule has 156 valence electrons. The van der Waals surface area contributed by atoms with Gasteiger partial charge in [-0.15, -0.1) is 0 Å². The van der Waals surface area contributed by atoms with Crippen LogP contribution >= 0.6 is 11.6 Å². The number of carbonyl (C=O) groups excluding carboxylic acids is 2. The number of aliphatic hydroxyl groups excluding tert-OH is 1. The Kier molecular flexibility index (Phi) is 6.49. The fourth-order valence-electron chi connectivity index (χ4n) is 3.08. The summed E-state index contributed by atoms with van der Waals surface area (Å²) in [5.74, 6) is -2.18. The average Bonchev–Trinajstić information content (AvgIpc) is 3.06. The molecule has 0 unspecified atom stereocenters. The molecule has 1 aliphatic rings. The molecule has 0 aromatic heterocycles. The van der Waals surface area contributed by atoms with Crippen LogP contribution < -0.4 is 10.3 Å². The molecule has 0 spiro atoms. The lowest BCUT2D eigenvalue weighted by molar-refractivity contribution is -0.148. The molecule has 0 radical (unpaired) electrons. The number of hydrazone groups is 1. The monoisotopic (exact) mass is 429 g/mol. The van der Waals surface area contributed by atoms with Crippen molar-refractivity contribution in [2.75, 3.05) is 5.01 Å². The van der Waals surface area contributed by atoms with Crippen molar-refractivity contribution >= 4 is 40.8 Å². The second-order valence-electron chi connectivity index (χ2n) is 6.92. The van der Waals surface area contributed by atoms with Gasteiger partial charge in [0.25, 0.3) is 11.8 Å². The van der Waals surface area contributed by atoms with E-state index in [-0.39, 0.29) is 24.3 Å². The Bertz CT molecular complexity index is 1010. The van der Waals surface area contributed by atoms with Crippen LogP contribution in [0.5, 0.6) is 0 Å². The van der Waals surface area contributed by atoms with E-state index in [1.54, 1.807) is 43.3 Å². The molecule has 0 aliphatic carbocycles. The number of amides is 2. The number of nitrogens with zero attached hydrogens (tertiary/aromatic N) is 2. The van der Waals surface area contributed by atoms with E-state index >= 15 is 0 Å². The lowest BCUT2D eigenvalue weighted by Crippen LogP contribution is -2.48. The number of rotatable bonds is 7. The average molecular weight is 430 g/mol. The third-order valence-corrected chi connectivity index (χ3v) is 5.01. The molecule has 1 heterocycles. The lowest BCUT2D eigenvalue weighted by Gasteiger charge is -2.22.